The first-order valence-corrected chi connectivity index (χ1v) is 24.0. The Kier molecular flexibility index (Phi) is 13.4. The molecule has 2 bridgehead atoms. The van der Waals surface area contributed by atoms with Crippen molar-refractivity contribution in [1.29, 1.82) is 0 Å². The number of hydrogen-bond acceptors (Lipinski definition) is 11. The van der Waals surface area contributed by atoms with Gasteiger partial charge in [-0.3, -0.25) is 4.79 Å². The van der Waals surface area contributed by atoms with Crippen LogP contribution < -0.4 is 19.8 Å². The summed E-state index contributed by atoms with van der Waals surface area (Å²) in [4.78, 5) is 25.5. The molecule has 1 spiro atoms. The van der Waals surface area contributed by atoms with Gasteiger partial charge in [-0.2, -0.15) is 11.9 Å². The molecule has 0 radical (unpaired) electrons. The minimum absolute atomic E-state index is 0.0351. The number of rotatable bonds is 12. The minimum Gasteiger partial charge on any atom is -0.668 e. The van der Waals surface area contributed by atoms with Crippen LogP contribution in [-0.2, 0) is 35.9 Å². The zero-order chi connectivity index (χ0) is 46.8. The summed E-state index contributed by atoms with van der Waals surface area (Å²) in [6, 6.07) is 23.6. The molecule has 4 heterocycles. The van der Waals surface area contributed by atoms with Crippen LogP contribution in [0.1, 0.15) is 105 Å². The van der Waals surface area contributed by atoms with E-state index in [2.05, 4.69) is 24.1 Å². The lowest BCUT2D eigenvalue weighted by Gasteiger charge is -2.46. The van der Waals surface area contributed by atoms with Gasteiger partial charge in [0.2, 0.25) is 5.75 Å². The van der Waals surface area contributed by atoms with Crippen molar-refractivity contribution in [3.8, 4) is 34.5 Å². The second kappa shape index (κ2) is 19.5. The Bertz CT molecular complexity index is 2720. The van der Waals surface area contributed by atoms with Crippen LogP contribution in [0.25, 0.3) is 10.8 Å². The highest BCUT2D eigenvalue weighted by Crippen LogP contribution is 2.55. The molecular weight excluding hydrogens is 847 g/mol. The van der Waals surface area contributed by atoms with Crippen LogP contribution in [0.3, 0.4) is 0 Å². The number of nitrogens with one attached hydrogen (secondary N) is 1. The molecule has 352 valence electrons. The van der Waals surface area contributed by atoms with Gasteiger partial charge >= 0.3 is 0 Å². The number of aliphatic hydroxyl groups is 2. The number of pyridine rings is 1. The monoisotopic (exact) mass is 908 g/mol. The molecule has 2 aromatic heterocycles. The Labute approximate surface area is 391 Å². The number of phenols is 4. The Balaban J connectivity index is 1.20. The molecule has 12 heteroatoms. The van der Waals surface area contributed by atoms with Gasteiger partial charge in [0.15, 0.2) is 23.0 Å². The van der Waals surface area contributed by atoms with Gasteiger partial charge in [0.25, 0.3) is 0 Å². The summed E-state index contributed by atoms with van der Waals surface area (Å²) in [5, 5.41) is 74.1. The number of Topliss-reactive ketones (excluding diaryl/α,β-unsaturated/α-hetero) is 1. The molecule has 6 atom stereocenters. The number of hydrogen-bond donors (Lipinski definition) is 7. The van der Waals surface area contributed by atoms with Gasteiger partial charge in [-0.1, -0.05) is 44.2 Å². The van der Waals surface area contributed by atoms with Gasteiger partial charge < -0.3 is 50.4 Å². The summed E-state index contributed by atoms with van der Waals surface area (Å²) in [5.41, 5.74) is 4.66. The highest BCUT2D eigenvalue weighted by molar-refractivity contribution is 5.92. The van der Waals surface area contributed by atoms with Crippen LogP contribution in [0.5, 0.6) is 34.5 Å². The predicted molar refractivity (Wildman–Crippen MR) is 257 cm³/mol. The molecule has 0 amide bonds. The second-order valence-electron chi connectivity index (χ2n) is 19.4. The van der Waals surface area contributed by atoms with E-state index in [-0.39, 0.29) is 47.4 Å². The Morgan fingerprint density at radius 2 is 1.81 bits per heavy atom. The zero-order valence-electron chi connectivity index (χ0n) is 38.3. The predicted octanol–water partition coefficient (Wildman–Crippen LogP) is 9.45. The number of aromatic nitrogens is 2. The highest BCUT2D eigenvalue weighted by Gasteiger charge is 2.57. The molecule has 7 N–H and O–H groups in total. The topological polar surface area (TPSA) is 196 Å². The number of ether oxygens (including phenoxy) is 2. The number of aromatic hydroxyl groups is 4. The van der Waals surface area contributed by atoms with E-state index in [4.69, 9.17) is 14.5 Å². The van der Waals surface area contributed by atoms with Crippen LogP contribution in [0, 0.1) is 17.8 Å². The molecule has 67 heavy (non-hydrogen) atoms. The molecule has 1 fully saturated rings. The fraction of sp³-hybridized carbons (Fsp3) is 0.418. The molecule has 1 saturated carbocycles. The third kappa shape index (κ3) is 9.38. The molecule has 3 aliphatic rings. The Morgan fingerprint density at radius 1 is 0.940 bits per heavy atom. The third-order valence-electron chi connectivity index (χ3n) is 14.8. The van der Waals surface area contributed by atoms with Gasteiger partial charge in [-0.05, 0) is 170 Å². The molecule has 2 aliphatic heterocycles. The summed E-state index contributed by atoms with van der Waals surface area (Å²) in [5.74, 6) is -1.15. The summed E-state index contributed by atoms with van der Waals surface area (Å²) >= 11 is 0. The average Bonchev–Trinajstić information content (AvgIpc) is 3.96. The fourth-order valence-electron chi connectivity index (χ4n) is 11.5. The number of fused-ring (bicyclic) bond motifs is 7. The number of anilines is 2. The molecule has 9 rings (SSSR count). The van der Waals surface area contributed by atoms with Gasteiger partial charge in [0, 0.05) is 29.3 Å². The lowest BCUT2D eigenvalue weighted by molar-refractivity contribution is -0.132. The molecular formula is C55H62N3O9-. The van der Waals surface area contributed by atoms with E-state index in [0.29, 0.717) is 74.8 Å². The van der Waals surface area contributed by atoms with Crippen LogP contribution in [0.15, 0.2) is 91.3 Å². The number of aryl methyl sites for hydroxylation is 2. The van der Waals surface area contributed by atoms with E-state index in [1.807, 2.05) is 48.5 Å². The number of ketones is 1. The van der Waals surface area contributed by atoms with Gasteiger partial charge in [-0.15, -0.1) is 0 Å². The lowest BCUT2D eigenvalue weighted by atomic mass is 9.58. The first-order chi connectivity index (χ1) is 32.4. The smallest absolute Gasteiger partial charge is 0.200 e. The van der Waals surface area contributed by atoms with E-state index in [0.717, 1.165) is 70.1 Å². The fourth-order valence-corrected chi connectivity index (χ4v) is 11.5. The number of carbonyl (C=O) groups excluding carboxylic acids is 1. The van der Waals surface area contributed by atoms with Crippen molar-refractivity contribution >= 4 is 28.1 Å². The van der Waals surface area contributed by atoms with Crippen LogP contribution in [0.2, 0.25) is 0 Å². The Morgan fingerprint density at radius 3 is 2.63 bits per heavy atom. The van der Waals surface area contributed by atoms with E-state index in [1.54, 1.807) is 36.7 Å². The van der Waals surface area contributed by atoms with E-state index >= 15 is 4.79 Å². The SMILES string of the molecule is CC(C)CCCOc1cc([C@@H]2CCc3c(ccc4cc(O)ccc34)Nc3cc(ccn3)[C@@]3(CC[C@@H](O)[C@@H]3Cc3ccc[n-]3)[C@@H]([C@H](O)CCc3ccc(O)c4c3CCCO4)C(=O)C2)cc(O)c1O. The number of phenolic OH excluding ortho intramolecular Hbond substituents is 4. The molecule has 12 nitrogen and oxygen atoms in total. The largest absolute Gasteiger partial charge is 0.668 e. The maximum atomic E-state index is 16.0. The van der Waals surface area contributed by atoms with Crippen LogP contribution in [-0.4, -0.2) is 66.8 Å². The maximum Gasteiger partial charge on any atom is 0.200 e. The second-order valence-corrected chi connectivity index (χ2v) is 19.4. The molecule has 4 aromatic carbocycles. The first-order valence-electron chi connectivity index (χ1n) is 24.0. The first kappa shape index (κ1) is 45.9. The van der Waals surface area contributed by atoms with Gasteiger partial charge in [0.1, 0.15) is 17.4 Å². The highest BCUT2D eigenvalue weighted by atomic mass is 16.5. The van der Waals surface area contributed by atoms with Crippen LogP contribution in [0.4, 0.5) is 11.5 Å². The van der Waals surface area contributed by atoms with Gasteiger partial charge in [0.05, 0.1) is 31.3 Å². The summed E-state index contributed by atoms with van der Waals surface area (Å²) in [7, 11) is 0. The van der Waals surface area contributed by atoms with Crippen molar-refractivity contribution in [3.63, 3.8) is 0 Å². The summed E-state index contributed by atoms with van der Waals surface area (Å²) in [6.07, 6.45) is 7.29. The van der Waals surface area contributed by atoms with Crippen molar-refractivity contribution < 1.29 is 44.9 Å². The summed E-state index contributed by atoms with van der Waals surface area (Å²) < 4.78 is 12.0. The number of nitrogens with zero attached hydrogens (tertiary/aromatic N) is 2. The van der Waals surface area contributed by atoms with Crippen molar-refractivity contribution in [1.82, 2.24) is 9.97 Å². The quantitative estimate of drug-likeness (QED) is 0.0455. The van der Waals surface area contributed by atoms with Gasteiger partial charge in [-0.25, -0.2) is 4.98 Å². The number of aliphatic hydroxyl groups excluding tert-OH is 2. The summed E-state index contributed by atoms with van der Waals surface area (Å²) in [6.45, 7) is 5.11. The van der Waals surface area contributed by atoms with Crippen molar-refractivity contribution in [2.45, 2.75) is 114 Å². The lowest BCUT2D eigenvalue weighted by Crippen LogP contribution is -2.51. The van der Waals surface area contributed by atoms with Crippen molar-refractivity contribution in [2.75, 3.05) is 18.5 Å². The normalized spacial score (nSPS) is 22.3. The molecule has 0 saturated heterocycles. The molecule has 6 aromatic rings. The van der Waals surface area contributed by atoms with Crippen molar-refractivity contribution in [2.24, 2.45) is 17.8 Å². The zero-order valence-corrected chi connectivity index (χ0v) is 38.3. The maximum absolute atomic E-state index is 16.0. The third-order valence-corrected chi connectivity index (χ3v) is 14.8. The average molecular weight is 909 g/mol. The standard InChI is InChI=1S/C55H62N3O9/c1-32(2)6-4-24-66-50-29-36(28-49(64)53(50)65)34-9-14-42-40-15-13-39(59)26-35(40)10-16-44(42)58-51-30-37(20-23-57-51)55(21-19-45(60)43(55)31-38-7-3-22-56-38)52(48(63)27-34)46(61)17-11-33-12-18-47(62)54-41(33)8-5-25-67-54/h3,7,10,12-13,15-16,18,20,22-23,26,28-30,32,34,43,45-46,52,59-62,64-65H,4-6,8-9,11,14,17,19,21,24-25,27,31H2,1-2H3,(H,57,58)/q-1/t34-,43+,45-,46-,52+,55-/m1/s1. The Hall–Kier alpha value is -6.24. The number of benzene rings is 4. The number of carbonyl (C=O) groups is 1. The molecule has 0 unspecified atom stereocenters. The van der Waals surface area contributed by atoms with E-state index in [1.165, 1.54) is 6.07 Å². The minimum atomic E-state index is -1.18. The molecule has 1 aliphatic carbocycles. The van der Waals surface area contributed by atoms with Crippen LogP contribution >= 0.6 is 0 Å². The van der Waals surface area contributed by atoms with E-state index < -0.39 is 35.4 Å². The van der Waals surface area contributed by atoms with E-state index in [9.17, 15) is 30.6 Å². The van der Waals surface area contributed by atoms with Crippen molar-refractivity contribution in [3.05, 3.63) is 125 Å².